The highest BCUT2D eigenvalue weighted by Gasteiger charge is 2.48. The van der Waals surface area contributed by atoms with Crippen molar-refractivity contribution in [3.8, 4) is 0 Å². The van der Waals surface area contributed by atoms with E-state index < -0.39 is 5.60 Å². The Morgan fingerprint density at radius 3 is 2.71 bits per heavy atom. The van der Waals surface area contributed by atoms with Crippen LogP contribution in [0.1, 0.15) is 46.0 Å². The highest BCUT2D eigenvalue weighted by atomic mass is 16.3. The van der Waals surface area contributed by atoms with Crippen LogP contribution in [0, 0.1) is 11.8 Å². The third-order valence-electron chi connectivity index (χ3n) is 4.78. The zero-order valence-corrected chi connectivity index (χ0v) is 11.0. The van der Waals surface area contributed by atoms with Gasteiger partial charge in [-0.25, -0.2) is 0 Å². The molecule has 2 heteroatoms. The lowest BCUT2D eigenvalue weighted by Crippen LogP contribution is -2.39. The summed E-state index contributed by atoms with van der Waals surface area (Å²) in [4.78, 5) is 0. The van der Waals surface area contributed by atoms with Crippen LogP contribution in [0.2, 0.25) is 0 Å². The summed E-state index contributed by atoms with van der Waals surface area (Å²) in [6, 6.07) is 0. The lowest BCUT2D eigenvalue weighted by molar-refractivity contribution is -0.0491. The Morgan fingerprint density at radius 2 is 2.12 bits per heavy atom. The maximum Gasteiger partial charge on any atom is 0.0914 e. The van der Waals surface area contributed by atoms with Crippen molar-refractivity contribution in [2.75, 3.05) is 6.61 Å². The molecule has 2 fully saturated rings. The minimum Gasteiger partial charge on any atom is -0.393 e. The number of hydrogen-bond acceptors (Lipinski definition) is 2. The van der Waals surface area contributed by atoms with Crippen LogP contribution in [-0.2, 0) is 0 Å². The van der Waals surface area contributed by atoms with Crippen LogP contribution in [0.3, 0.4) is 0 Å². The molecule has 2 N–H and O–H groups in total. The normalized spacial score (nSPS) is 37.9. The molecule has 2 aliphatic carbocycles. The van der Waals surface area contributed by atoms with Crippen LogP contribution in [-0.4, -0.2) is 22.4 Å². The second-order valence-electron chi connectivity index (χ2n) is 5.98. The Labute approximate surface area is 104 Å². The molecule has 2 nitrogen and oxygen atoms in total. The van der Waals surface area contributed by atoms with Gasteiger partial charge in [-0.15, -0.1) is 0 Å². The van der Waals surface area contributed by atoms with E-state index in [0.29, 0.717) is 12.3 Å². The SMILES string of the molecule is C=C1CCC(=C(C)C)C[C@H]2[C@H]1CC[C@]2(O)CO. The van der Waals surface area contributed by atoms with E-state index in [0.717, 1.165) is 25.7 Å². The highest BCUT2D eigenvalue weighted by molar-refractivity contribution is 5.22. The smallest absolute Gasteiger partial charge is 0.0914 e. The molecule has 2 rings (SSSR count). The molecule has 0 amide bonds. The Kier molecular flexibility index (Phi) is 3.46. The van der Waals surface area contributed by atoms with Crippen molar-refractivity contribution in [1.29, 1.82) is 0 Å². The molecule has 0 heterocycles. The van der Waals surface area contributed by atoms with E-state index in [1.165, 1.54) is 16.7 Å². The van der Waals surface area contributed by atoms with Crippen molar-refractivity contribution < 1.29 is 10.2 Å². The molecule has 17 heavy (non-hydrogen) atoms. The van der Waals surface area contributed by atoms with Crippen molar-refractivity contribution in [3.05, 3.63) is 23.3 Å². The second-order valence-corrected chi connectivity index (χ2v) is 5.98. The molecule has 0 aliphatic heterocycles. The monoisotopic (exact) mass is 236 g/mol. The van der Waals surface area contributed by atoms with Gasteiger partial charge in [-0.05, 0) is 51.9 Å². The summed E-state index contributed by atoms with van der Waals surface area (Å²) in [7, 11) is 0. The number of rotatable bonds is 1. The fourth-order valence-corrected chi connectivity index (χ4v) is 3.50. The largest absolute Gasteiger partial charge is 0.393 e. The third kappa shape index (κ3) is 2.21. The van der Waals surface area contributed by atoms with E-state index >= 15 is 0 Å². The van der Waals surface area contributed by atoms with Gasteiger partial charge >= 0.3 is 0 Å². The molecule has 3 atom stereocenters. The molecule has 0 aromatic heterocycles. The first kappa shape index (κ1) is 12.8. The van der Waals surface area contributed by atoms with Gasteiger partial charge < -0.3 is 10.2 Å². The molecule has 0 radical (unpaired) electrons. The van der Waals surface area contributed by atoms with Crippen LogP contribution >= 0.6 is 0 Å². The van der Waals surface area contributed by atoms with Gasteiger partial charge in [-0.2, -0.15) is 0 Å². The summed E-state index contributed by atoms with van der Waals surface area (Å²) in [5.74, 6) is 0.580. The molecule has 0 spiro atoms. The minimum absolute atomic E-state index is 0.114. The van der Waals surface area contributed by atoms with E-state index in [2.05, 4.69) is 20.4 Å². The van der Waals surface area contributed by atoms with Crippen LogP contribution in [0.25, 0.3) is 0 Å². The lowest BCUT2D eigenvalue weighted by atomic mass is 9.80. The fourth-order valence-electron chi connectivity index (χ4n) is 3.50. The molecule has 0 saturated heterocycles. The molecular formula is C15H24O2. The van der Waals surface area contributed by atoms with E-state index in [4.69, 9.17) is 0 Å². The molecule has 0 aromatic carbocycles. The van der Waals surface area contributed by atoms with Gasteiger partial charge in [0.2, 0.25) is 0 Å². The first-order chi connectivity index (χ1) is 7.98. The Hall–Kier alpha value is -0.600. The molecule has 0 bridgehead atoms. The number of aliphatic hydroxyl groups is 2. The van der Waals surface area contributed by atoms with Gasteiger partial charge in [0.05, 0.1) is 12.2 Å². The van der Waals surface area contributed by atoms with Crippen molar-refractivity contribution in [2.24, 2.45) is 11.8 Å². The summed E-state index contributed by atoms with van der Waals surface area (Å²) in [6.07, 6.45) is 4.76. The second kappa shape index (κ2) is 4.58. The van der Waals surface area contributed by atoms with Crippen LogP contribution in [0.4, 0.5) is 0 Å². The zero-order valence-electron chi connectivity index (χ0n) is 11.0. The maximum absolute atomic E-state index is 10.5. The standard InChI is InChI=1S/C15H24O2/c1-10(2)12-5-4-11(3)13-6-7-15(17,9-16)14(13)8-12/h13-14,16-17H,3-9H2,1-2H3/t13-,14-,15-/m0/s1. The van der Waals surface area contributed by atoms with Crippen molar-refractivity contribution in [2.45, 2.75) is 51.6 Å². The van der Waals surface area contributed by atoms with Crippen molar-refractivity contribution in [3.63, 3.8) is 0 Å². The van der Waals surface area contributed by atoms with Gasteiger partial charge in [0.15, 0.2) is 0 Å². The number of aliphatic hydroxyl groups excluding tert-OH is 1. The third-order valence-corrected chi connectivity index (χ3v) is 4.78. The fraction of sp³-hybridized carbons (Fsp3) is 0.733. The Balaban J connectivity index is 2.32. The molecule has 2 saturated carbocycles. The topological polar surface area (TPSA) is 40.5 Å². The summed E-state index contributed by atoms with van der Waals surface area (Å²) in [5.41, 5.74) is 3.22. The van der Waals surface area contributed by atoms with Crippen LogP contribution in [0.5, 0.6) is 0 Å². The van der Waals surface area contributed by atoms with Crippen LogP contribution in [0.15, 0.2) is 23.3 Å². The van der Waals surface area contributed by atoms with Crippen molar-refractivity contribution >= 4 is 0 Å². The molecule has 2 aliphatic rings. The first-order valence-electron chi connectivity index (χ1n) is 6.64. The maximum atomic E-state index is 10.5. The summed E-state index contributed by atoms with van der Waals surface area (Å²) < 4.78 is 0. The molecular weight excluding hydrogens is 212 g/mol. The number of fused-ring (bicyclic) bond motifs is 1. The van der Waals surface area contributed by atoms with Gasteiger partial charge in [0.1, 0.15) is 0 Å². The average Bonchev–Trinajstić information content (AvgIpc) is 2.51. The molecule has 0 aromatic rings. The van der Waals surface area contributed by atoms with Gasteiger partial charge in [0, 0.05) is 5.92 Å². The van der Waals surface area contributed by atoms with Crippen molar-refractivity contribution in [1.82, 2.24) is 0 Å². The van der Waals surface area contributed by atoms with Gasteiger partial charge in [-0.1, -0.05) is 23.3 Å². The van der Waals surface area contributed by atoms with E-state index in [1.54, 1.807) is 0 Å². The summed E-state index contributed by atoms with van der Waals surface area (Å²) >= 11 is 0. The lowest BCUT2D eigenvalue weighted by Gasteiger charge is -2.31. The average molecular weight is 236 g/mol. The molecule has 0 unspecified atom stereocenters. The van der Waals surface area contributed by atoms with E-state index in [1.807, 2.05) is 0 Å². The van der Waals surface area contributed by atoms with E-state index in [-0.39, 0.29) is 12.5 Å². The minimum atomic E-state index is -0.876. The molecule has 96 valence electrons. The Bertz CT molecular complexity index is 352. The summed E-state index contributed by atoms with van der Waals surface area (Å²) in [5, 5.41) is 20.0. The number of allylic oxidation sites excluding steroid dienone is 3. The zero-order chi connectivity index (χ0) is 12.6. The summed E-state index contributed by atoms with van der Waals surface area (Å²) in [6.45, 7) is 8.37. The Morgan fingerprint density at radius 1 is 1.41 bits per heavy atom. The van der Waals surface area contributed by atoms with E-state index in [9.17, 15) is 10.2 Å². The highest BCUT2D eigenvalue weighted by Crippen LogP contribution is 2.50. The first-order valence-corrected chi connectivity index (χ1v) is 6.64. The van der Waals surface area contributed by atoms with Gasteiger partial charge in [-0.3, -0.25) is 0 Å². The quantitative estimate of drug-likeness (QED) is 0.687. The predicted molar refractivity (Wildman–Crippen MR) is 69.6 cm³/mol. The van der Waals surface area contributed by atoms with Crippen LogP contribution < -0.4 is 0 Å². The number of hydrogen-bond donors (Lipinski definition) is 2. The van der Waals surface area contributed by atoms with Gasteiger partial charge in [0.25, 0.3) is 0 Å². The predicted octanol–water partition coefficient (Wildman–Crippen LogP) is 2.81.